The highest BCUT2D eigenvalue weighted by molar-refractivity contribution is 7.18. The molecule has 3 rings (SSSR count). The van der Waals surface area contributed by atoms with Crippen LogP contribution in [0.3, 0.4) is 0 Å². The lowest BCUT2D eigenvalue weighted by atomic mass is 9.99. The van der Waals surface area contributed by atoms with Gasteiger partial charge in [-0.25, -0.2) is 4.79 Å². The maximum Gasteiger partial charge on any atom is 0.341 e. The largest absolute Gasteiger partial charge is 0.462 e. The molecule has 0 bridgehead atoms. The molecule has 1 amide bonds. The highest BCUT2D eigenvalue weighted by Crippen LogP contribution is 2.33. The first-order chi connectivity index (χ1) is 14.0. The highest BCUT2D eigenvalue weighted by Gasteiger charge is 2.26. The maximum atomic E-state index is 12.4. The van der Waals surface area contributed by atoms with Gasteiger partial charge in [-0.2, -0.15) is 0 Å². The van der Waals surface area contributed by atoms with E-state index in [-0.39, 0.29) is 29.1 Å². The van der Waals surface area contributed by atoms with Gasteiger partial charge >= 0.3 is 5.97 Å². The number of benzene rings is 2. The molecule has 2 aromatic carbocycles. The SMILES string of the molecule is CCOC(=O)c1c(N)sc(C(=O)NC)c1CN[C@@H](C)c1cccc2ccccc12. The standard InChI is InChI=1S/C22H25N3O3S/c1-4-28-22(27)18-17(19(21(26)24-3)29-20(18)23)12-25-13(2)15-11-7-9-14-8-5-6-10-16(14)15/h5-11,13,25H,4,12,23H2,1-3H3,(H,24,26)/t13-/m0/s1. The van der Waals surface area contributed by atoms with E-state index < -0.39 is 5.97 Å². The van der Waals surface area contributed by atoms with Gasteiger partial charge in [0.25, 0.3) is 5.91 Å². The number of ether oxygens (including phenoxy) is 1. The lowest BCUT2D eigenvalue weighted by molar-refractivity contribution is 0.0526. The van der Waals surface area contributed by atoms with E-state index in [0.717, 1.165) is 27.7 Å². The maximum absolute atomic E-state index is 12.4. The summed E-state index contributed by atoms with van der Waals surface area (Å²) in [5, 5.41) is 8.67. The van der Waals surface area contributed by atoms with Crippen molar-refractivity contribution in [1.29, 1.82) is 0 Å². The Morgan fingerprint density at radius 1 is 1.17 bits per heavy atom. The Kier molecular flexibility index (Phi) is 6.51. The molecule has 0 aliphatic carbocycles. The molecular weight excluding hydrogens is 386 g/mol. The van der Waals surface area contributed by atoms with E-state index >= 15 is 0 Å². The molecule has 0 spiro atoms. The number of carbonyl (C=O) groups is 2. The molecule has 6 nitrogen and oxygen atoms in total. The van der Waals surface area contributed by atoms with E-state index in [4.69, 9.17) is 10.5 Å². The molecule has 0 aliphatic rings. The van der Waals surface area contributed by atoms with Crippen LogP contribution >= 0.6 is 11.3 Å². The van der Waals surface area contributed by atoms with Crippen molar-refractivity contribution in [1.82, 2.24) is 10.6 Å². The summed E-state index contributed by atoms with van der Waals surface area (Å²) in [6.45, 7) is 4.35. The lowest BCUT2D eigenvalue weighted by Gasteiger charge is -2.17. The number of amides is 1. The molecule has 152 valence electrons. The predicted molar refractivity (Wildman–Crippen MR) is 117 cm³/mol. The number of fused-ring (bicyclic) bond motifs is 1. The van der Waals surface area contributed by atoms with Gasteiger partial charge in [0.05, 0.1) is 17.0 Å². The van der Waals surface area contributed by atoms with Gasteiger partial charge in [-0.05, 0) is 30.2 Å². The van der Waals surface area contributed by atoms with Crippen molar-refractivity contribution in [3.8, 4) is 0 Å². The van der Waals surface area contributed by atoms with Crippen LogP contribution in [0, 0.1) is 0 Å². The third-order valence-corrected chi connectivity index (χ3v) is 5.88. The average molecular weight is 412 g/mol. The molecule has 0 fully saturated rings. The molecule has 1 atom stereocenters. The van der Waals surface area contributed by atoms with Crippen LogP contribution in [-0.4, -0.2) is 25.5 Å². The molecule has 7 heteroatoms. The van der Waals surface area contributed by atoms with Gasteiger partial charge in [-0.15, -0.1) is 11.3 Å². The minimum atomic E-state index is -0.508. The quantitative estimate of drug-likeness (QED) is 0.513. The molecule has 0 aliphatic heterocycles. The summed E-state index contributed by atoms with van der Waals surface area (Å²) in [6, 6.07) is 14.4. The number of rotatable bonds is 7. The normalized spacial score (nSPS) is 12.0. The van der Waals surface area contributed by atoms with Gasteiger partial charge in [0.1, 0.15) is 5.00 Å². The van der Waals surface area contributed by atoms with Gasteiger partial charge in [-0.3, -0.25) is 4.79 Å². The van der Waals surface area contributed by atoms with Crippen LogP contribution in [0.2, 0.25) is 0 Å². The van der Waals surface area contributed by atoms with Crippen molar-refractivity contribution in [2.45, 2.75) is 26.4 Å². The zero-order valence-corrected chi connectivity index (χ0v) is 17.6. The third kappa shape index (κ3) is 4.26. The zero-order valence-electron chi connectivity index (χ0n) is 16.7. The minimum Gasteiger partial charge on any atom is -0.462 e. The second kappa shape index (κ2) is 9.07. The molecule has 1 aromatic heterocycles. The van der Waals surface area contributed by atoms with Gasteiger partial charge in [0.2, 0.25) is 0 Å². The van der Waals surface area contributed by atoms with Crippen LogP contribution < -0.4 is 16.4 Å². The van der Waals surface area contributed by atoms with Crippen LogP contribution in [0.1, 0.15) is 51.0 Å². The Hall–Kier alpha value is -2.90. The Balaban J connectivity index is 1.92. The molecule has 0 saturated heterocycles. The number of nitrogens with one attached hydrogen (secondary N) is 2. The van der Waals surface area contributed by atoms with Crippen molar-refractivity contribution < 1.29 is 14.3 Å². The molecular formula is C22H25N3O3S. The van der Waals surface area contributed by atoms with Crippen LogP contribution in [0.5, 0.6) is 0 Å². The summed E-state index contributed by atoms with van der Waals surface area (Å²) in [6.07, 6.45) is 0. The van der Waals surface area contributed by atoms with Crippen molar-refractivity contribution in [3.63, 3.8) is 0 Å². The van der Waals surface area contributed by atoms with Crippen LogP contribution in [0.4, 0.5) is 5.00 Å². The van der Waals surface area contributed by atoms with Crippen molar-refractivity contribution in [2.75, 3.05) is 19.4 Å². The summed E-state index contributed by atoms with van der Waals surface area (Å²) in [4.78, 5) is 25.2. The van der Waals surface area contributed by atoms with Crippen LogP contribution in [0.15, 0.2) is 42.5 Å². The van der Waals surface area contributed by atoms with Crippen LogP contribution in [-0.2, 0) is 11.3 Å². The monoisotopic (exact) mass is 411 g/mol. The molecule has 29 heavy (non-hydrogen) atoms. The first-order valence-electron chi connectivity index (χ1n) is 9.49. The number of esters is 1. The second-order valence-electron chi connectivity index (χ2n) is 6.62. The molecule has 4 N–H and O–H groups in total. The predicted octanol–water partition coefficient (Wildman–Crippen LogP) is 3.87. The fraction of sp³-hybridized carbons (Fsp3) is 0.273. The smallest absolute Gasteiger partial charge is 0.341 e. The number of anilines is 1. The topological polar surface area (TPSA) is 93.5 Å². The lowest BCUT2D eigenvalue weighted by Crippen LogP contribution is -2.24. The second-order valence-corrected chi connectivity index (χ2v) is 7.67. The minimum absolute atomic E-state index is 0.00481. The number of hydrogen-bond acceptors (Lipinski definition) is 6. The number of hydrogen-bond donors (Lipinski definition) is 3. The fourth-order valence-corrected chi connectivity index (χ4v) is 4.39. The van der Waals surface area contributed by atoms with Gasteiger partial charge in [-0.1, -0.05) is 42.5 Å². The summed E-state index contributed by atoms with van der Waals surface area (Å²) < 4.78 is 5.15. The first kappa shape index (κ1) is 20.8. The van der Waals surface area contributed by atoms with E-state index in [1.165, 1.54) is 0 Å². The van der Waals surface area contributed by atoms with E-state index in [1.807, 2.05) is 18.2 Å². The average Bonchev–Trinajstić information content (AvgIpc) is 3.07. The zero-order chi connectivity index (χ0) is 21.0. The van der Waals surface area contributed by atoms with E-state index in [1.54, 1.807) is 14.0 Å². The molecule has 3 aromatic rings. The number of carbonyl (C=O) groups excluding carboxylic acids is 2. The van der Waals surface area contributed by atoms with E-state index in [9.17, 15) is 9.59 Å². The Bertz CT molecular complexity index is 1040. The Labute approximate surface area is 174 Å². The number of nitrogens with two attached hydrogens (primary N) is 1. The van der Waals surface area contributed by atoms with Crippen molar-refractivity contribution in [3.05, 3.63) is 64.0 Å². The van der Waals surface area contributed by atoms with Gasteiger partial charge in [0.15, 0.2) is 0 Å². The fourth-order valence-electron chi connectivity index (χ4n) is 3.37. The summed E-state index contributed by atoms with van der Waals surface area (Å²) in [5.41, 5.74) is 8.05. The molecule has 0 unspecified atom stereocenters. The van der Waals surface area contributed by atoms with Gasteiger partial charge in [0, 0.05) is 25.2 Å². The van der Waals surface area contributed by atoms with E-state index in [0.29, 0.717) is 17.0 Å². The summed E-state index contributed by atoms with van der Waals surface area (Å²) in [5.74, 6) is -0.780. The van der Waals surface area contributed by atoms with Crippen LogP contribution in [0.25, 0.3) is 10.8 Å². The van der Waals surface area contributed by atoms with Crippen molar-refractivity contribution in [2.24, 2.45) is 0 Å². The van der Waals surface area contributed by atoms with E-state index in [2.05, 4.69) is 41.8 Å². The first-order valence-corrected chi connectivity index (χ1v) is 10.3. The highest BCUT2D eigenvalue weighted by atomic mass is 32.1. The molecule has 1 heterocycles. The Morgan fingerprint density at radius 2 is 1.90 bits per heavy atom. The Morgan fingerprint density at radius 3 is 2.62 bits per heavy atom. The third-order valence-electron chi connectivity index (χ3n) is 4.82. The number of thiophene rings is 1. The molecule has 0 radical (unpaired) electrons. The van der Waals surface area contributed by atoms with Crippen molar-refractivity contribution >= 4 is 39.0 Å². The van der Waals surface area contributed by atoms with Gasteiger partial charge < -0.3 is 21.1 Å². The summed E-state index contributed by atoms with van der Waals surface area (Å²) in [7, 11) is 1.55. The number of nitrogen functional groups attached to an aromatic ring is 1. The molecule has 0 saturated carbocycles. The summed E-state index contributed by atoms with van der Waals surface area (Å²) >= 11 is 1.10.